The summed E-state index contributed by atoms with van der Waals surface area (Å²) in [4.78, 5) is 12.1. The molecule has 2 aromatic carbocycles. The summed E-state index contributed by atoms with van der Waals surface area (Å²) in [5.74, 6) is -0.637. The van der Waals surface area contributed by atoms with Crippen molar-refractivity contribution in [3.63, 3.8) is 0 Å². The number of anilines is 1. The molecule has 0 atom stereocenters. The van der Waals surface area contributed by atoms with Gasteiger partial charge in [-0.3, -0.25) is 4.79 Å². The summed E-state index contributed by atoms with van der Waals surface area (Å²) in [6, 6.07) is 9.90. The topological polar surface area (TPSA) is 29.1 Å². The van der Waals surface area contributed by atoms with Crippen LogP contribution in [0, 0.1) is 12.7 Å². The number of amides is 1. The third kappa shape index (κ3) is 3.42. The normalized spacial score (nSPS) is 10.3. The van der Waals surface area contributed by atoms with E-state index in [1.54, 1.807) is 31.2 Å². The van der Waals surface area contributed by atoms with Gasteiger partial charge in [0, 0.05) is 14.6 Å². The van der Waals surface area contributed by atoms with E-state index in [0.717, 1.165) is 4.47 Å². The van der Waals surface area contributed by atoms with Crippen LogP contribution in [0.5, 0.6) is 0 Å². The largest absolute Gasteiger partial charge is 0.322 e. The zero-order chi connectivity index (χ0) is 14.0. The van der Waals surface area contributed by atoms with Gasteiger partial charge in [-0.2, -0.15) is 0 Å². The van der Waals surface area contributed by atoms with E-state index in [1.807, 2.05) is 6.07 Å². The average molecular weight is 387 g/mol. The highest BCUT2D eigenvalue weighted by Crippen LogP contribution is 2.23. The second-order valence-corrected chi connectivity index (χ2v) is 5.81. The molecule has 0 aliphatic carbocycles. The Morgan fingerprint density at radius 2 is 1.89 bits per heavy atom. The minimum absolute atomic E-state index is 0.295. The van der Waals surface area contributed by atoms with E-state index in [9.17, 15) is 9.18 Å². The molecule has 1 amide bonds. The van der Waals surface area contributed by atoms with Crippen molar-refractivity contribution in [1.29, 1.82) is 0 Å². The second-order valence-electron chi connectivity index (χ2n) is 4.04. The third-order valence-electron chi connectivity index (χ3n) is 2.60. The van der Waals surface area contributed by atoms with Gasteiger partial charge < -0.3 is 5.32 Å². The SMILES string of the molecule is Cc1ccc(NC(=O)c2cc(Br)ccc2Br)cc1F. The molecule has 0 radical (unpaired) electrons. The maximum Gasteiger partial charge on any atom is 0.256 e. The van der Waals surface area contributed by atoms with Crippen LogP contribution in [0.15, 0.2) is 45.3 Å². The van der Waals surface area contributed by atoms with Crippen molar-refractivity contribution in [1.82, 2.24) is 0 Å². The molecule has 2 nitrogen and oxygen atoms in total. The van der Waals surface area contributed by atoms with E-state index in [2.05, 4.69) is 37.2 Å². The Bertz CT molecular complexity index is 643. The molecule has 0 heterocycles. The molecule has 0 aliphatic heterocycles. The number of rotatable bonds is 2. The maximum atomic E-state index is 13.4. The van der Waals surface area contributed by atoms with E-state index < -0.39 is 0 Å². The lowest BCUT2D eigenvalue weighted by atomic mass is 10.2. The Kier molecular flexibility index (Phi) is 4.37. The monoisotopic (exact) mass is 385 g/mol. The number of halogens is 3. The lowest BCUT2D eigenvalue weighted by molar-refractivity contribution is 0.102. The molecule has 0 fully saturated rings. The number of hydrogen-bond donors (Lipinski definition) is 1. The number of nitrogens with one attached hydrogen (secondary N) is 1. The molecule has 0 saturated heterocycles. The molecule has 2 rings (SSSR count). The highest BCUT2D eigenvalue weighted by Gasteiger charge is 2.11. The summed E-state index contributed by atoms with van der Waals surface area (Å²) < 4.78 is 14.9. The van der Waals surface area contributed by atoms with Crippen LogP contribution in [-0.4, -0.2) is 5.91 Å². The van der Waals surface area contributed by atoms with Gasteiger partial charge >= 0.3 is 0 Å². The number of carbonyl (C=O) groups excluding carboxylic acids is 1. The van der Waals surface area contributed by atoms with E-state index in [4.69, 9.17) is 0 Å². The van der Waals surface area contributed by atoms with Gasteiger partial charge in [0.1, 0.15) is 5.82 Å². The second kappa shape index (κ2) is 5.84. The van der Waals surface area contributed by atoms with Gasteiger partial charge in [-0.1, -0.05) is 22.0 Å². The Morgan fingerprint density at radius 1 is 1.16 bits per heavy atom. The molecular formula is C14H10Br2FNO. The Hall–Kier alpha value is -1.20. The van der Waals surface area contributed by atoms with Crippen molar-refractivity contribution in [2.24, 2.45) is 0 Å². The van der Waals surface area contributed by atoms with Crippen LogP contribution in [-0.2, 0) is 0 Å². The summed E-state index contributed by atoms with van der Waals surface area (Å²) in [5, 5.41) is 2.66. The highest BCUT2D eigenvalue weighted by atomic mass is 79.9. The summed E-state index contributed by atoms with van der Waals surface area (Å²) in [7, 11) is 0. The van der Waals surface area contributed by atoms with Crippen molar-refractivity contribution < 1.29 is 9.18 Å². The van der Waals surface area contributed by atoms with Crippen LogP contribution >= 0.6 is 31.9 Å². The number of benzene rings is 2. The highest BCUT2D eigenvalue weighted by molar-refractivity contribution is 9.11. The van der Waals surface area contributed by atoms with Crippen LogP contribution < -0.4 is 5.32 Å². The van der Waals surface area contributed by atoms with E-state index >= 15 is 0 Å². The zero-order valence-electron chi connectivity index (χ0n) is 10.0. The van der Waals surface area contributed by atoms with Gasteiger partial charge in [0.2, 0.25) is 0 Å². The molecular weight excluding hydrogens is 377 g/mol. The van der Waals surface area contributed by atoms with Crippen LogP contribution in [0.3, 0.4) is 0 Å². The lowest BCUT2D eigenvalue weighted by Crippen LogP contribution is -2.12. The smallest absolute Gasteiger partial charge is 0.256 e. The molecule has 0 spiro atoms. The zero-order valence-corrected chi connectivity index (χ0v) is 13.2. The van der Waals surface area contributed by atoms with Crippen LogP contribution in [0.4, 0.5) is 10.1 Å². The summed E-state index contributed by atoms with van der Waals surface area (Å²) >= 11 is 6.63. The molecule has 0 bridgehead atoms. The van der Waals surface area contributed by atoms with E-state index in [0.29, 0.717) is 21.3 Å². The maximum absolute atomic E-state index is 13.4. The van der Waals surface area contributed by atoms with Gasteiger partial charge in [0.15, 0.2) is 0 Å². The molecule has 0 aliphatic rings. The fourth-order valence-corrected chi connectivity index (χ4v) is 2.33. The molecule has 2 aromatic rings. The fourth-order valence-electron chi connectivity index (χ4n) is 1.54. The summed E-state index contributed by atoms with van der Waals surface area (Å²) in [6.45, 7) is 1.67. The minimum atomic E-state index is -0.342. The third-order valence-corrected chi connectivity index (χ3v) is 3.79. The Morgan fingerprint density at radius 3 is 2.58 bits per heavy atom. The molecule has 5 heteroatoms. The van der Waals surface area contributed by atoms with Crippen molar-refractivity contribution in [2.75, 3.05) is 5.32 Å². The molecule has 1 N–H and O–H groups in total. The number of carbonyl (C=O) groups is 1. The first-order valence-corrected chi connectivity index (χ1v) is 7.08. The lowest BCUT2D eigenvalue weighted by Gasteiger charge is -2.08. The first kappa shape index (κ1) is 14.2. The van der Waals surface area contributed by atoms with Gasteiger partial charge in [-0.15, -0.1) is 0 Å². The molecule has 19 heavy (non-hydrogen) atoms. The first-order chi connectivity index (χ1) is 8.97. The van der Waals surface area contributed by atoms with E-state index in [1.165, 1.54) is 6.07 Å². The number of aryl methyl sites for hydroxylation is 1. The summed E-state index contributed by atoms with van der Waals surface area (Å²) in [6.07, 6.45) is 0. The van der Waals surface area contributed by atoms with Crippen molar-refractivity contribution in [3.8, 4) is 0 Å². The molecule has 0 unspecified atom stereocenters. The fraction of sp³-hybridized carbons (Fsp3) is 0.0714. The van der Waals surface area contributed by atoms with Gasteiger partial charge in [0.05, 0.1) is 5.56 Å². The van der Waals surface area contributed by atoms with Crippen molar-refractivity contribution in [3.05, 3.63) is 62.3 Å². The average Bonchev–Trinajstić information content (AvgIpc) is 2.36. The van der Waals surface area contributed by atoms with E-state index in [-0.39, 0.29) is 11.7 Å². The van der Waals surface area contributed by atoms with Gasteiger partial charge in [-0.25, -0.2) is 4.39 Å². The standard InChI is InChI=1S/C14H10Br2FNO/c1-8-2-4-10(7-13(8)17)18-14(19)11-6-9(15)3-5-12(11)16/h2-7H,1H3,(H,18,19). The molecule has 98 valence electrons. The summed E-state index contributed by atoms with van der Waals surface area (Å²) in [5.41, 5.74) is 1.46. The molecule has 0 saturated carbocycles. The predicted molar refractivity (Wildman–Crippen MR) is 80.9 cm³/mol. The van der Waals surface area contributed by atoms with Crippen LogP contribution in [0.25, 0.3) is 0 Å². The Balaban J connectivity index is 2.25. The molecule has 0 aromatic heterocycles. The van der Waals surface area contributed by atoms with Crippen LogP contribution in [0.2, 0.25) is 0 Å². The van der Waals surface area contributed by atoms with Crippen molar-refractivity contribution >= 4 is 43.5 Å². The minimum Gasteiger partial charge on any atom is -0.322 e. The Labute approximate surface area is 127 Å². The van der Waals surface area contributed by atoms with Gasteiger partial charge in [-0.05, 0) is 58.7 Å². The number of hydrogen-bond acceptors (Lipinski definition) is 1. The van der Waals surface area contributed by atoms with Crippen LogP contribution in [0.1, 0.15) is 15.9 Å². The van der Waals surface area contributed by atoms with Crippen molar-refractivity contribution in [2.45, 2.75) is 6.92 Å². The quantitative estimate of drug-likeness (QED) is 0.780. The first-order valence-electron chi connectivity index (χ1n) is 5.50. The predicted octanol–water partition coefficient (Wildman–Crippen LogP) is 4.91. The van der Waals surface area contributed by atoms with Gasteiger partial charge in [0.25, 0.3) is 5.91 Å².